The van der Waals surface area contributed by atoms with Gasteiger partial charge in [-0.1, -0.05) is 0 Å². The number of hydrogen-bond donors (Lipinski definition) is 1. The highest BCUT2D eigenvalue weighted by atomic mass is 16.5. The number of benzene rings is 1. The zero-order valence-electron chi connectivity index (χ0n) is 12.5. The number of rotatable bonds is 5. The molecule has 1 heterocycles. The largest absolute Gasteiger partial charge is 0.493 e. The summed E-state index contributed by atoms with van der Waals surface area (Å²) in [6, 6.07) is 7.41. The summed E-state index contributed by atoms with van der Waals surface area (Å²) < 4.78 is 5.68. The SMILES string of the molecule is CC(O)C1CCN(C(=O)c2ccc(OCC3CC3)cc2)C1. The molecule has 0 spiro atoms. The molecule has 3 rings (SSSR count). The summed E-state index contributed by atoms with van der Waals surface area (Å²) in [5.41, 5.74) is 0.694. The number of aliphatic hydroxyl groups excluding tert-OH is 1. The van der Waals surface area contributed by atoms with E-state index in [-0.39, 0.29) is 17.9 Å². The minimum absolute atomic E-state index is 0.0480. The Bertz CT molecular complexity index is 493. The number of aliphatic hydroxyl groups is 1. The molecule has 2 unspecified atom stereocenters. The van der Waals surface area contributed by atoms with Crippen LogP contribution < -0.4 is 4.74 Å². The molecule has 0 aromatic heterocycles. The molecular weight excluding hydrogens is 266 g/mol. The van der Waals surface area contributed by atoms with Crippen LogP contribution in [0.3, 0.4) is 0 Å². The Morgan fingerprint density at radius 3 is 2.62 bits per heavy atom. The van der Waals surface area contributed by atoms with Gasteiger partial charge in [-0.3, -0.25) is 4.79 Å². The Morgan fingerprint density at radius 2 is 2.05 bits per heavy atom. The average Bonchev–Trinajstić information content (AvgIpc) is 3.18. The number of carbonyl (C=O) groups excluding carboxylic acids is 1. The maximum Gasteiger partial charge on any atom is 0.253 e. The van der Waals surface area contributed by atoms with Crippen molar-refractivity contribution in [1.82, 2.24) is 4.90 Å². The molecule has 4 heteroatoms. The van der Waals surface area contributed by atoms with Crippen LogP contribution >= 0.6 is 0 Å². The van der Waals surface area contributed by atoms with E-state index in [0.717, 1.165) is 31.2 Å². The molecular formula is C17H23NO3. The van der Waals surface area contributed by atoms with Crippen molar-refractivity contribution in [2.24, 2.45) is 11.8 Å². The molecule has 1 aromatic rings. The number of hydrogen-bond acceptors (Lipinski definition) is 3. The molecule has 2 atom stereocenters. The lowest BCUT2D eigenvalue weighted by Gasteiger charge is -2.18. The molecule has 1 aliphatic carbocycles. The van der Waals surface area contributed by atoms with E-state index in [4.69, 9.17) is 4.74 Å². The molecule has 1 aliphatic heterocycles. The first-order valence-electron chi connectivity index (χ1n) is 7.83. The first kappa shape index (κ1) is 14.4. The van der Waals surface area contributed by atoms with E-state index in [1.165, 1.54) is 12.8 Å². The minimum Gasteiger partial charge on any atom is -0.493 e. The molecule has 1 aromatic carbocycles. The molecule has 4 nitrogen and oxygen atoms in total. The van der Waals surface area contributed by atoms with Crippen LogP contribution in [0.2, 0.25) is 0 Å². The topological polar surface area (TPSA) is 49.8 Å². The van der Waals surface area contributed by atoms with Crippen molar-refractivity contribution in [3.63, 3.8) is 0 Å². The van der Waals surface area contributed by atoms with Crippen molar-refractivity contribution in [2.45, 2.75) is 32.3 Å². The van der Waals surface area contributed by atoms with E-state index in [0.29, 0.717) is 12.1 Å². The molecule has 1 saturated carbocycles. The van der Waals surface area contributed by atoms with Crippen LogP contribution in [0.4, 0.5) is 0 Å². The third-order valence-corrected chi connectivity index (χ3v) is 4.48. The lowest BCUT2D eigenvalue weighted by molar-refractivity contribution is 0.0762. The fourth-order valence-electron chi connectivity index (χ4n) is 2.74. The van der Waals surface area contributed by atoms with Crippen LogP contribution in [0.5, 0.6) is 5.75 Å². The van der Waals surface area contributed by atoms with Gasteiger partial charge < -0.3 is 14.7 Å². The Balaban J connectivity index is 1.57. The van der Waals surface area contributed by atoms with Crippen molar-refractivity contribution in [1.29, 1.82) is 0 Å². The summed E-state index contributed by atoms with van der Waals surface area (Å²) in [5.74, 6) is 1.82. The van der Waals surface area contributed by atoms with Gasteiger partial charge in [-0.2, -0.15) is 0 Å². The number of nitrogens with zero attached hydrogens (tertiary/aromatic N) is 1. The van der Waals surface area contributed by atoms with Gasteiger partial charge in [0.15, 0.2) is 0 Å². The van der Waals surface area contributed by atoms with E-state index in [1.807, 2.05) is 29.2 Å². The standard InChI is InChI=1S/C17H23NO3/c1-12(19)15-8-9-18(10-15)17(20)14-4-6-16(7-5-14)21-11-13-2-3-13/h4-7,12-13,15,19H,2-3,8-11H2,1H3. The molecule has 2 aliphatic rings. The van der Waals surface area contributed by atoms with E-state index < -0.39 is 0 Å². The van der Waals surface area contributed by atoms with E-state index in [9.17, 15) is 9.90 Å². The van der Waals surface area contributed by atoms with Crippen molar-refractivity contribution >= 4 is 5.91 Å². The highest BCUT2D eigenvalue weighted by Crippen LogP contribution is 2.29. The van der Waals surface area contributed by atoms with Crippen LogP contribution in [0, 0.1) is 11.8 Å². The second kappa shape index (κ2) is 6.06. The highest BCUT2D eigenvalue weighted by molar-refractivity contribution is 5.94. The quantitative estimate of drug-likeness (QED) is 0.905. The van der Waals surface area contributed by atoms with E-state index in [2.05, 4.69) is 0 Å². The van der Waals surface area contributed by atoms with Gasteiger partial charge in [0.05, 0.1) is 12.7 Å². The Kier molecular flexibility index (Phi) is 4.15. The molecule has 1 saturated heterocycles. The Hall–Kier alpha value is -1.55. The summed E-state index contributed by atoms with van der Waals surface area (Å²) in [7, 11) is 0. The summed E-state index contributed by atoms with van der Waals surface area (Å²) in [6.07, 6.45) is 3.08. The summed E-state index contributed by atoms with van der Waals surface area (Å²) in [6.45, 7) is 3.96. The van der Waals surface area contributed by atoms with E-state index >= 15 is 0 Å². The molecule has 1 N–H and O–H groups in total. The minimum atomic E-state index is -0.346. The Morgan fingerprint density at radius 1 is 1.33 bits per heavy atom. The second-order valence-electron chi connectivity index (χ2n) is 6.32. The predicted molar refractivity (Wildman–Crippen MR) is 80.4 cm³/mol. The third-order valence-electron chi connectivity index (χ3n) is 4.48. The normalized spacial score (nSPS) is 23.1. The Labute approximate surface area is 125 Å². The summed E-state index contributed by atoms with van der Waals surface area (Å²) in [5, 5.41) is 9.61. The van der Waals surface area contributed by atoms with Crippen LogP contribution in [-0.4, -0.2) is 41.7 Å². The maximum atomic E-state index is 12.4. The van der Waals surface area contributed by atoms with Gasteiger partial charge in [0.2, 0.25) is 0 Å². The van der Waals surface area contributed by atoms with Gasteiger partial charge >= 0.3 is 0 Å². The number of carbonyl (C=O) groups is 1. The zero-order valence-corrected chi connectivity index (χ0v) is 12.5. The lowest BCUT2D eigenvalue weighted by atomic mass is 10.0. The first-order chi connectivity index (χ1) is 10.1. The van der Waals surface area contributed by atoms with Gasteiger partial charge in [-0.05, 0) is 56.4 Å². The van der Waals surface area contributed by atoms with Crippen LogP contribution in [0.25, 0.3) is 0 Å². The van der Waals surface area contributed by atoms with Crippen LogP contribution in [0.15, 0.2) is 24.3 Å². The average molecular weight is 289 g/mol. The van der Waals surface area contributed by atoms with Crippen LogP contribution in [-0.2, 0) is 0 Å². The number of likely N-dealkylation sites (tertiary alicyclic amines) is 1. The highest BCUT2D eigenvalue weighted by Gasteiger charge is 2.29. The zero-order chi connectivity index (χ0) is 14.8. The molecule has 21 heavy (non-hydrogen) atoms. The predicted octanol–water partition coefficient (Wildman–Crippen LogP) is 2.32. The summed E-state index contributed by atoms with van der Waals surface area (Å²) >= 11 is 0. The lowest BCUT2D eigenvalue weighted by Crippen LogP contribution is -2.30. The molecule has 2 fully saturated rings. The summed E-state index contributed by atoms with van der Waals surface area (Å²) in [4.78, 5) is 14.2. The van der Waals surface area contributed by atoms with Gasteiger partial charge in [-0.15, -0.1) is 0 Å². The second-order valence-corrected chi connectivity index (χ2v) is 6.32. The monoisotopic (exact) mass is 289 g/mol. The number of ether oxygens (including phenoxy) is 1. The van der Waals surface area contributed by atoms with Crippen molar-refractivity contribution in [3.05, 3.63) is 29.8 Å². The van der Waals surface area contributed by atoms with Crippen LogP contribution in [0.1, 0.15) is 36.5 Å². The smallest absolute Gasteiger partial charge is 0.253 e. The number of amides is 1. The molecule has 0 bridgehead atoms. The third kappa shape index (κ3) is 3.56. The van der Waals surface area contributed by atoms with Crippen molar-refractivity contribution in [2.75, 3.05) is 19.7 Å². The van der Waals surface area contributed by atoms with E-state index in [1.54, 1.807) is 6.92 Å². The fourth-order valence-corrected chi connectivity index (χ4v) is 2.74. The first-order valence-corrected chi connectivity index (χ1v) is 7.83. The van der Waals surface area contributed by atoms with Crippen molar-refractivity contribution < 1.29 is 14.6 Å². The van der Waals surface area contributed by atoms with Gasteiger partial charge in [0.25, 0.3) is 5.91 Å². The van der Waals surface area contributed by atoms with Crippen molar-refractivity contribution in [3.8, 4) is 5.75 Å². The van der Waals surface area contributed by atoms with Gasteiger partial charge in [-0.25, -0.2) is 0 Å². The van der Waals surface area contributed by atoms with Gasteiger partial charge in [0.1, 0.15) is 5.75 Å². The fraction of sp³-hybridized carbons (Fsp3) is 0.588. The van der Waals surface area contributed by atoms with Gasteiger partial charge in [0, 0.05) is 24.6 Å². The maximum absolute atomic E-state index is 12.4. The molecule has 114 valence electrons. The molecule has 1 amide bonds. The molecule has 0 radical (unpaired) electrons.